The molecule has 0 spiro atoms. The van der Waals surface area contributed by atoms with E-state index in [2.05, 4.69) is 18.8 Å². The summed E-state index contributed by atoms with van der Waals surface area (Å²) in [7, 11) is 1.64. The number of rotatable bonds is 7. The number of carbonyl (C=O) groups is 1. The van der Waals surface area contributed by atoms with E-state index >= 15 is 0 Å². The van der Waals surface area contributed by atoms with Crippen LogP contribution in [0.3, 0.4) is 0 Å². The standard InChI is InChI=1S/C25H25NO4/c1-25(2)22(17-12-14-19(28-3)15-13-17)23(25)24(27)29-16-18-8-7-11-21(26-18)30-20-9-5-4-6-10-20/h4-15,22-23H,16H2,1-3H3/t22-,23+/m0/s1. The number of benzene rings is 2. The zero-order valence-electron chi connectivity index (χ0n) is 17.4. The van der Waals surface area contributed by atoms with Gasteiger partial charge in [0.25, 0.3) is 0 Å². The molecule has 4 rings (SSSR count). The quantitative estimate of drug-likeness (QED) is 0.497. The smallest absolute Gasteiger partial charge is 0.310 e. The fourth-order valence-corrected chi connectivity index (χ4v) is 3.95. The van der Waals surface area contributed by atoms with Gasteiger partial charge < -0.3 is 14.2 Å². The Labute approximate surface area is 176 Å². The molecule has 1 aliphatic rings. The molecule has 0 bridgehead atoms. The number of ether oxygens (including phenoxy) is 3. The van der Waals surface area contributed by atoms with E-state index in [4.69, 9.17) is 14.2 Å². The molecule has 1 aliphatic carbocycles. The molecule has 0 N–H and O–H groups in total. The summed E-state index contributed by atoms with van der Waals surface area (Å²) >= 11 is 0. The van der Waals surface area contributed by atoms with Crippen molar-refractivity contribution in [2.24, 2.45) is 11.3 Å². The van der Waals surface area contributed by atoms with Gasteiger partial charge in [0.1, 0.15) is 18.1 Å². The van der Waals surface area contributed by atoms with Gasteiger partial charge in [-0.1, -0.05) is 50.2 Å². The third-order valence-electron chi connectivity index (χ3n) is 5.67. The Morgan fingerprint density at radius 1 is 0.933 bits per heavy atom. The lowest BCUT2D eigenvalue weighted by atomic mass is 10.0. The number of hydrogen-bond donors (Lipinski definition) is 0. The number of aromatic nitrogens is 1. The molecule has 0 unspecified atom stereocenters. The Hall–Kier alpha value is -3.34. The van der Waals surface area contributed by atoms with E-state index < -0.39 is 0 Å². The van der Waals surface area contributed by atoms with Crippen molar-refractivity contribution in [1.82, 2.24) is 4.98 Å². The maximum atomic E-state index is 12.8. The van der Waals surface area contributed by atoms with E-state index in [0.717, 1.165) is 11.3 Å². The minimum Gasteiger partial charge on any atom is -0.497 e. The highest BCUT2D eigenvalue weighted by Crippen LogP contribution is 2.64. The molecule has 2 aromatic carbocycles. The van der Waals surface area contributed by atoms with Gasteiger partial charge in [0, 0.05) is 12.0 Å². The molecule has 1 fully saturated rings. The normalized spacial score (nSPS) is 19.0. The van der Waals surface area contributed by atoms with Crippen LogP contribution in [0.5, 0.6) is 17.4 Å². The van der Waals surface area contributed by atoms with Crippen molar-refractivity contribution in [2.75, 3.05) is 7.11 Å². The Balaban J connectivity index is 1.38. The highest BCUT2D eigenvalue weighted by molar-refractivity contribution is 5.79. The van der Waals surface area contributed by atoms with Crippen LogP contribution in [0.25, 0.3) is 0 Å². The summed E-state index contributed by atoms with van der Waals surface area (Å²) in [6.07, 6.45) is 0. The molecule has 0 amide bonds. The first-order valence-electron chi connectivity index (χ1n) is 9.98. The minimum atomic E-state index is -0.197. The van der Waals surface area contributed by atoms with Gasteiger partial charge >= 0.3 is 5.97 Å². The largest absolute Gasteiger partial charge is 0.497 e. The number of hydrogen-bond acceptors (Lipinski definition) is 5. The average molecular weight is 403 g/mol. The van der Waals surface area contributed by atoms with Gasteiger partial charge in [-0.3, -0.25) is 4.79 Å². The van der Waals surface area contributed by atoms with Crippen LogP contribution >= 0.6 is 0 Å². The highest BCUT2D eigenvalue weighted by Gasteiger charge is 2.63. The van der Waals surface area contributed by atoms with E-state index in [1.165, 1.54) is 0 Å². The van der Waals surface area contributed by atoms with Crippen LogP contribution in [0.1, 0.15) is 31.0 Å². The number of methoxy groups -OCH3 is 1. The Bertz CT molecular complexity index is 1010. The monoisotopic (exact) mass is 403 g/mol. The molecule has 5 nitrogen and oxygen atoms in total. The van der Waals surface area contributed by atoms with Gasteiger partial charge in [0.15, 0.2) is 0 Å². The summed E-state index contributed by atoms with van der Waals surface area (Å²) in [6.45, 7) is 4.31. The molecule has 3 aromatic rings. The van der Waals surface area contributed by atoms with Gasteiger partial charge in [-0.2, -0.15) is 0 Å². The van der Waals surface area contributed by atoms with Crippen molar-refractivity contribution in [3.8, 4) is 17.4 Å². The lowest BCUT2D eigenvalue weighted by Gasteiger charge is -2.08. The Morgan fingerprint density at radius 3 is 2.37 bits per heavy atom. The lowest BCUT2D eigenvalue weighted by Crippen LogP contribution is -2.11. The van der Waals surface area contributed by atoms with E-state index in [1.54, 1.807) is 13.2 Å². The van der Waals surface area contributed by atoms with Crippen LogP contribution in [0.2, 0.25) is 0 Å². The topological polar surface area (TPSA) is 57.7 Å². The third kappa shape index (κ3) is 4.15. The molecule has 1 saturated carbocycles. The second kappa shape index (κ2) is 8.19. The number of nitrogens with zero attached hydrogens (tertiary/aromatic N) is 1. The van der Waals surface area contributed by atoms with Crippen LogP contribution in [0.4, 0.5) is 0 Å². The first-order chi connectivity index (χ1) is 14.5. The number of pyridine rings is 1. The Kier molecular flexibility index (Phi) is 5.44. The lowest BCUT2D eigenvalue weighted by molar-refractivity contribution is -0.147. The van der Waals surface area contributed by atoms with Crippen LogP contribution < -0.4 is 9.47 Å². The maximum Gasteiger partial charge on any atom is 0.310 e. The summed E-state index contributed by atoms with van der Waals surface area (Å²) in [5.74, 6) is 1.75. The fraction of sp³-hybridized carbons (Fsp3) is 0.280. The number of esters is 1. The molecule has 30 heavy (non-hydrogen) atoms. The van der Waals surface area contributed by atoms with Crippen molar-refractivity contribution >= 4 is 5.97 Å². The average Bonchev–Trinajstić information content (AvgIpc) is 3.35. The summed E-state index contributed by atoms with van der Waals surface area (Å²) in [4.78, 5) is 17.2. The van der Waals surface area contributed by atoms with E-state index in [1.807, 2.05) is 66.7 Å². The summed E-state index contributed by atoms with van der Waals surface area (Å²) in [5.41, 5.74) is 1.63. The predicted molar refractivity (Wildman–Crippen MR) is 114 cm³/mol. The molecular weight excluding hydrogens is 378 g/mol. The molecule has 0 radical (unpaired) electrons. The summed E-state index contributed by atoms with van der Waals surface area (Å²) < 4.78 is 16.6. The Morgan fingerprint density at radius 2 is 1.67 bits per heavy atom. The molecule has 0 saturated heterocycles. The van der Waals surface area contributed by atoms with Crippen molar-refractivity contribution in [2.45, 2.75) is 26.4 Å². The molecule has 1 heterocycles. The van der Waals surface area contributed by atoms with E-state index in [9.17, 15) is 4.79 Å². The van der Waals surface area contributed by atoms with Crippen LogP contribution in [0.15, 0.2) is 72.8 Å². The first-order valence-corrected chi connectivity index (χ1v) is 9.98. The van der Waals surface area contributed by atoms with Crippen molar-refractivity contribution in [1.29, 1.82) is 0 Å². The van der Waals surface area contributed by atoms with Gasteiger partial charge in [-0.15, -0.1) is 0 Å². The second-order valence-electron chi connectivity index (χ2n) is 8.04. The first kappa shape index (κ1) is 20.0. The molecule has 5 heteroatoms. The van der Waals surface area contributed by atoms with E-state index in [0.29, 0.717) is 17.3 Å². The van der Waals surface area contributed by atoms with Gasteiger partial charge in [-0.25, -0.2) is 4.98 Å². The predicted octanol–water partition coefficient (Wildman–Crippen LogP) is 5.37. The van der Waals surface area contributed by atoms with Gasteiger partial charge in [0.2, 0.25) is 5.88 Å². The zero-order valence-corrected chi connectivity index (χ0v) is 17.4. The van der Waals surface area contributed by atoms with Gasteiger partial charge in [0.05, 0.1) is 18.7 Å². The summed E-state index contributed by atoms with van der Waals surface area (Å²) in [6, 6.07) is 22.8. The van der Waals surface area contributed by atoms with Crippen LogP contribution in [-0.4, -0.2) is 18.1 Å². The van der Waals surface area contributed by atoms with Crippen LogP contribution in [-0.2, 0) is 16.1 Å². The van der Waals surface area contributed by atoms with Crippen molar-refractivity contribution in [3.63, 3.8) is 0 Å². The van der Waals surface area contributed by atoms with Crippen molar-refractivity contribution < 1.29 is 19.0 Å². The maximum absolute atomic E-state index is 12.8. The molecule has 1 aromatic heterocycles. The zero-order chi connectivity index (χ0) is 21.1. The fourth-order valence-electron chi connectivity index (χ4n) is 3.95. The highest BCUT2D eigenvalue weighted by atomic mass is 16.5. The molecule has 0 aliphatic heterocycles. The second-order valence-corrected chi connectivity index (χ2v) is 8.04. The summed E-state index contributed by atoms with van der Waals surface area (Å²) in [5, 5.41) is 0. The van der Waals surface area contributed by atoms with E-state index in [-0.39, 0.29) is 29.8 Å². The minimum absolute atomic E-state index is 0.118. The number of para-hydroxylation sites is 1. The number of carbonyl (C=O) groups excluding carboxylic acids is 1. The molecular formula is C25H25NO4. The molecule has 2 atom stereocenters. The van der Waals surface area contributed by atoms with Crippen LogP contribution in [0, 0.1) is 11.3 Å². The SMILES string of the molecule is COc1ccc([C@H]2[C@H](C(=O)OCc3cccc(Oc4ccccc4)n3)C2(C)C)cc1. The van der Waals surface area contributed by atoms with Gasteiger partial charge in [-0.05, 0) is 41.3 Å². The van der Waals surface area contributed by atoms with Crippen molar-refractivity contribution in [3.05, 3.63) is 84.1 Å². The molecule has 154 valence electrons. The third-order valence-corrected chi connectivity index (χ3v) is 5.67.